The van der Waals surface area contributed by atoms with Crippen LogP contribution in [0, 0.1) is 5.92 Å². The van der Waals surface area contributed by atoms with Crippen LogP contribution < -0.4 is 0 Å². The highest BCUT2D eigenvalue weighted by Crippen LogP contribution is 2.18. The average molecular weight is 413 g/mol. The van der Waals surface area contributed by atoms with Gasteiger partial charge in [-0.3, -0.25) is 0 Å². The van der Waals surface area contributed by atoms with E-state index in [2.05, 4.69) is 85.8 Å². The van der Waals surface area contributed by atoms with Crippen molar-refractivity contribution in [1.29, 1.82) is 0 Å². The number of hydrogen-bond donors (Lipinski definition) is 0. The third kappa shape index (κ3) is 20.0. The molecular formula is C30H52. The minimum atomic E-state index is 0.851. The second kappa shape index (κ2) is 18.5. The molecular weight excluding hydrogens is 360 g/mol. The van der Waals surface area contributed by atoms with Crippen LogP contribution in [-0.2, 0) is 0 Å². The fraction of sp³-hybridized carbons (Fsp3) is 0.667. The second-order valence-electron chi connectivity index (χ2n) is 9.94. The lowest BCUT2D eigenvalue weighted by Gasteiger charge is -2.10. The quantitative estimate of drug-likeness (QED) is 0.175. The van der Waals surface area contributed by atoms with Crippen molar-refractivity contribution in [1.82, 2.24) is 0 Å². The largest absolute Gasteiger partial charge is 0.0859 e. The molecule has 0 saturated heterocycles. The maximum atomic E-state index is 2.46. The highest BCUT2D eigenvalue weighted by molar-refractivity contribution is 5.06. The third-order valence-electron chi connectivity index (χ3n) is 5.76. The summed E-state index contributed by atoms with van der Waals surface area (Å²) >= 11 is 0. The first kappa shape index (κ1) is 28.7. The molecule has 172 valence electrons. The number of allylic oxidation sites excluding steroid dienone is 10. The predicted octanol–water partition coefficient (Wildman–Crippen LogP) is 10.7. The highest BCUT2D eigenvalue weighted by atomic mass is 14.1. The first-order valence-corrected chi connectivity index (χ1v) is 12.4. The molecule has 0 aromatic heterocycles. The Balaban J connectivity index is 3.95. The topological polar surface area (TPSA) is 0 Å². The Hall–Kier alpha value is -1.30. The molecule has 0 fully saturated rings. The number of rotatable bonds is 16. The zero-order valence-corrected chi connectivity index (χ0v) is 21.7. The van der Waals surface area contributed by atoms with E-state index in [1.807, 2.05) is 0 Å². The van der Waals surface area contributed by atoms with E-state index in [0.29, 0.717) is 0 Å². The van der Waals surface area contributed by atoms with Crippen LogP contribution in [0.5, 0.6) is 0 Å². The molecule has 0 spiro atoms. The van der Waals surface area contributed by atoms with Crippen molar-refractivity contribution in [2.75, 3.05) is 0 Å². The van der Waals surface area contributed by atoms with Crippen molar-refractivity contribution in [3.63, 3.8) is 0 Å². The van der Waals surface area contributed by atoms with Gasteiger partial charge in [0.2, 0.25) is 0 Å². The predicted molar refractivity (Wildman–Crippen MR) is 140 cm³/mol. The van der Waals surface area contributed by atoms with Gasteiger partial charge in [-0.2, -0.15) is 0 Å². The summed E-state index contributed by atoms with van der Waals surface area (Å²) in [6, 6.07) is 0. The summed E-state index contributed by atoms with van der Waals surface area (Å²) in [6.45, 7) is 18.0. The Morgan fingerprint density at radius 1 is 0.500 bits per heavy atom. The standard InChI is InChI=1S/C30H52/c1-25(2)15-11-19-29(7)23-13-21-27(5)17-9-10-18-28(6)22-14-24-30(8)20-12-16-26(3)4/h15-18,23,30H,9-14,19-22,24H2,1-8H3/b27-17+,28-18+,29-23+. The van der Waals surface area contributed by atoms with Gasteiger partial charge in [0.1, 0.15) is 0 Å². The normalized spacial score (nSPS) is 13.9. The van der Waals surface area contributed by atoms with E-state index in [4.69, 9.17) is 0 Å². The Labute approximate surface area is 190 Å². The van der Waals surface area contributed by atoms with E-state index >= 15 is 0 Å². The van der Waals surface area contributed by atoms with Crippen LogP contribution in [-0.4, -0.2) is 0 Å². The average Bonchev–Trinajstić information content (AvgIpc) is 2.64. The molecule has 0 rings (SSSR count). The smallest absolute Gasteiger partial charge is 0.0288 e. The van der Waals surface area contributed by atoms with Gasteiger partial charge in [-0.15, -0.1) is 0 Å². The molecule has 0 bridgehead atoms. The summed E-state index contributed by atoms with van der Waals surface area (Å²) in [5, 5.41) is 0. The molecule has 0 aromatic rings. The van der Waals surface area contributed by atoms with Crippen molar-refractivity contribution in [2.45, 2.75) is 126 Å². The third-order valence-corrected chi connectivity index (χ3v) is 5.76. The van der Waals surface area contributed by atoms with Crippen molar-refractivity contribution in [2.24, 2.45) is 5.92 Å². The minimum absolute atomic E-state index is 0.851. The molecule has 0 radical (unpaired) electrons. The van der Waals surface area contributed by atoms with Crippen LogP contribution in [0.25, 0.3) is 0 Å². The Kier molecular flexibility index (Phi) is 17.7. The summed E-state index contributed by atoms with van der Waals surface area (Å²) in [4.78, 5) is 0. The van der Waals surface area contributed by atoms with E-state index in [1.165, 1.54) is 87.3 Å². The maximum Gasteiger partial charge on any atom is -0.0288 e. The van der Waals surface area contributed by atoms with Crippen LogP contribution in [0.2, 0.25) is 0 Å². The van der Waals surface area contributed by atoms with Crippen molar-refractivity contribution in [3.05, 3.63) is 58.2 Å². The second-order valence-corrected chi connectivity index (χ2v) is 9.94. The number of unbranched alkanes of at least 4 members (excludes halogenated alkanes) is 1. The highest BCUT2D eigenvalue weighted by Gasteiger charge is 2.01. The molecule has 1 unspecified atom stereocenters. The van der Waals surface area contributed by atoms with E-state index in [0.717, 1.165) is 5.92 Å². The molecule has 30 heavy (non-hydrogen) atoms. The summed E-state index contributed by atoms with van der Waals surface area (Å²) < 4.78 is 0. The molecule has 0 amide bonds. The van der Waals surface area contributed by atoms with E-state index in [-0.39, 0.29) is 0 Å². The first-order valence-electron chi connectivity index (χ1n) is 12.4. The minimum Gasteiger partial charge on any atom is -0.0859 e. The molecule has 1 atom stereocenters. The Bertz CT molecular complexity index is 584. The maximum absolute atomic E-state index is 2.46. The molecule has 0 N–H and O–H groups in total. The van der Waals surface area contributed by atoms with Crippen molar-refractivity contribution >= 4 is 0 Å². The van der Waals surface area contributed by atoms with Gasteiger partial charge in [0.15, 0.2) is 0 Å². The first-order chi connectivity index (χ1) is 14.2. The monoisotopic (exact) mass is 412 g/mol. The van der Waals surface area contributed by atoms with Crippen LogP contribution in [0.4, 0.5) is 0 Å². The molecule has 0 saturated carbocycles. The van der Waals surface area contributed by atoms with Gasteiger partial charge in [0.25, 0.3) is 0 Å². The molecule has 0 aromatic carbocycles. The molecule has 0 heteroatoms. The van der Waals surface area contributed by atoms with Crippen LogP contribution in [0.3, 0.4) is 0 Å². The van der Waals surface area contributed by atoms with Crippen LogP contribution >= 0.6 is 0 Å². The van der Waals surface area contributed by atoms with Crippen molar-refractivity contribution in [3.8, 4) is 0 Å². The van der Waals surface area contributed by atoms with Gasteiger partial charge >= 0.3 is 0 Å². The van der Waals surface area contributed by atoms with Gasteiger partial charge in [-0.25, -0.2) is 0 Å². The lowest BCUT2D eigenvalue weighted by molar-refractivity contribution is 0.478. The van der Waals surface area contributed by atoms with Crippen molar-refractivity contribution < 1.29 is 0 Å². The summed E-state index contributed by atoms with van der Waals surface area (Å²) in [7, 11) is 0. The Morgan fingerprint density at radius 2 is 0.933 bits per heavy atom. The molecule has 0 heterocycles. The van der Waals surface area contributed by atoms with E-state index in [1.54, 1.807) is 11.1 Å². The summed E-state index contributed by atoms with van der Waals surface area (Å²) in [5.41, 5.74) is 7.53. The van der Waals surface area contributed by atoms with E-state index in [9.17, 15) is 0 Å². The SMILES string of the molecule is CC(C)=CCC/C(C)=C/CC/C(C)=C/CC/C=C(\C)CCCC(C)CCC=C(C)C. The zero-order valence-electron chi connectivity index (χ0n) is 21.7. The molecule has 0 aliphatic heterocycles. The fourth-order valence-corrected chi connectivity index (χ4v) is 3.63. The van der Waals surface area contributed by atoms with Gasteiger partial charge in [0.05, 0.1) is 0 Å². The summed E-state index contributed by atoms with van der Waals surface area (Å²) in [6.07, 6.45) is 25.8. The van der Waals surface area contributed by atoms with Crippen LogP contribution in [0.15, 0.2) is 58.2 Å². The zero-order chi connectivity index (χ0) is 22.8. The van der Waals surface area contributed by atoms with Gasteiger partial charge in [-0.05, 0) is 119 Å². The summed E-state index contributed by atoms with van der Waals surface area (Å²) in [5.74, 6) is 0.851. The molecule has 0 aliphatic rings. The van der Waals surface area contributed by atoms with Gasteiger partial charge < -0.3 is 0 Å². The molecule has 0 aliphatic carbocycles. The van der Waals surface area contributed by atoms with Crippen LogP contribution in [0.1, 0.15) is 126 Å². The fourth-order valence-electron chi connectivity index (χ4n) is 3.63. The Morgan fingerprint density at radius 3 is 1.47 bits per heavy atom. The van der Waals surface area contributed by atoms with Gasteiger partial charge in [-0.1, -0.05) is 71.6 Å². The van der Waals surface area contributed by atoms with Gasteiger partial charge in [0, 0.05) is 0 Å². The lowest BCUT2D eigenvalue weighted by atomic mass is 9.96. The molecule has 0 nitrogen and oxygen atoms in total. The van der Waals surface area contributed by atoms with E-state index < -0.39 is 0 Å². The number of hydrogen-bond acceptors (Lipinski definition) is 0. The lowest BCUT2D eigenvalue weighted by Crippen LogP contribution is -1.94.